The average Bonchev–Trinajstić information content (AvgIpc) is 2.11. The van der Waals surface area contributed by atoms with Crippen LogP contribution in [-0.2, 0) is 0 Å². The van der Waals surface area contributed by atoms with Crippen molar-refractivity contribution in [2.24, 2.45) is 0 Å². The Morgan fingerprint density at radius 1 is 1.62 bits per heavy atom. The van der Waals surface area contributed by atoms with Crippen molar-refractivity contribution >= 4 is 23.4 Å². The lowest BCUT2D eigenvalue weighted by molar-refractivity contribution is 0.922. The highest BCUT2D eigenvalue weighted by molar-refractivity contribution is 6.29. The van der Waals surface area contributed by atoms with Gasteiger partial charge in [0.25, 0.3) is 0 Å². The van der Waals surface area contributed by atoms with Crippen molar-refractivity contribution in [3.63, 3.8) is 0 Å². The third-order valence-corrected chi connectivity index (χ3v) is 1.73. The minimum atomic E-state index is 0.457. The number of rotatable bonds is 3. The van der Waals surface area contributed by atoms with Crippen LogP contribution in [0.4, 0.5) is 5.69 Å². The fourth-order valence-electron chi connectivity index (χ4n) is 0.883. The molecule has 0 amide bonds. The number of likely N-dealkylation sites (N-methyl/N-ethyl adjacent to an activating group) is 1. The highest BCUT2D eigenvalue weighted by atomic mass is 35.5. The minimum absolute atomic E-state index is 0.457. The van der Waals surface area contributed by atoms with Crippen molar-refractivity contribution in [1.29, 1.82) is 0 Å². The third kappa shape index (κ3) is 3.05. The molecule has 0 fully saturated rings. The standard InChI is InChI=1S/C9H12ClN3/c1-12-6-2-3-8-7(11)4-5-9(10)13-8/h2-5,12H,6,11H2,1H3. The first-order valence-corrected chi connectivity index (χ1v) is 4.35. The van der Waals surface area contributed by atoms with E-state index >= 15 is 0 Å². The first-order chi connectivity index (χ1) is 6.24. The van der Waals surface area contributed by atoms with Crippen molar-refractivity contribution in [3.8, 4) is 0 Å². The maximum atomic E-state index is 5.71. The molecule has 0 spiro atoms. The smallest absolute Gasteiger partial charge is 0.129 e. The number of pyridine rings is 1. The maximum Gasteiger partial charge on any atom is 0.129 e. The Bertz CT molecular complexity index is 310. The Morgan fingerprint density at radius 3 is 3.08 bits per heavy atom. The molecule has 0 radical (unpaired) electrons. The van der Waals surface area contributed by atoms with E-state index < -0.39 is 0 Å². The van der Waals surface area contributed by atoms with Gasteiger partial charge in [-0.05, 0) is 25.3 Å². The van der Waals surface area contributed by atoms with E-state index in [2.05, 4.69) is 10.3 Å². The van der Waals surface area contributed by atoms with E-state index in [1.807, 2.05) is 19.2 Å². The summed E-state index contributed by atoms with van der Waals surface area (Å²) in [6.45, 7) is 0.785. The zero-order valence-corrected chi connectivity index (χ0v) is 8.17. The summed E-state index contributed by atoms with van der Waals surface area (Å²) in [7, 11) is 1.87. The van der Waals surface area contributed by atoms with Gasteiger partial charge in [0.15, 0.2) is 0 Å². The fraction of sp³-hybridized carbons (Fsp3) is 0.222. The molecule has 4 heteroatoms. The van der Waals surface area contributed by atoms with Gasteiger partial charge >= 0.3 is 0 Å². The topological polar surface area (TPSA) is 50.9 Å². The highest BCUT2D eigenvalue weighted by Crippen LogP contribution is 2.14. The molecule has 3 nitrogen and oxygen atoms in total. The number of nitrogens with one attached hydrogen (secondary N) is 1. The van der Waals surface area contributed by atoms with Gasteiger partial charge in [-0.3, -0.25) is 0 Å². The number of anilines is 1. The van der Waals surface area contributed by atoms with Crippen LogP contribution in [0.25, 0.3) is 6.08 Å². The molecule has 1 aromatic heterocycles. The van der Waals surface area contributed by atoms with E-state index in [1.165, 1.54) is 0 Å². The van der Waals surface area contributed by atoms with Gasteiger partial charge in [0.1, 0.15) is 5.15 Å². The van der Waals surface area contributed by atoms with Gasteiger partial charge in [-0.2, -0.15) is 0 Å². The zero-order chi connectivity index (χ0) is 9.68. The van der Waals surface area contributed by atoms with Gasteiger partial charge in [-0.25, -0.2) is 4.98 Å². The predicted molar refractivity (Wildman–Crippen MR) is 56.6 cm³/mol. The molecule has 3 N–H and O–H groups in total. The molecule has 0 aliphatic carbocycles. The number of nitrogen functional groups attached to an aromatic ring is 1. The van der Waals surface area contributed by atoms with Crippen molar-refractivity contribution < 1.29 is 0 Å². The van der Waals surface area contributed by atoms with Crippen molar-refractivity contribution in [1.82, 2.24) is 10.3 Å². The summed E-state index contributed by atoms with van der Waals surface area (Å²) in [5.74, 6) is 0. The summed E-state index contributed by atoms with van der Waals surface area (Å²) in [6, 6.07) is 3.42. The molecule has 0 aliphatic heterocycles. The van der Waals surface area contributed by atoms with E-state index in [4.69, 9.17) is 17.3 Å². The monoisotopic (exact) mass is 197 g/mol. The Hall–Kier alpha value is -1.06. The molecule has 0 atom stereocenters. The summed E-state index contributed by atoms with van der Waals surface area (Å²) < 4.78 is 0. The molecule has 1 rings (SSSR count). The molecule has 1 heterocycles. The van der Waals surface area contributed by atoms with E-state index in [0.29, 0.717) is 16.5 Å². The third-order valence-electron chi connectivity index (χ3n) is 1.52. The van der Waals surface area contributed by atoms with E-state index in [9.17, 15) is 0 Å². The average molecular weight is 198 g/mol. The van der Waals surface area contributed by atoms with Crippen molar-refractivity contribution in [2.75, 3.05) is 19.3 Å². The molecule has 0 unspecified atom stereocenters. The molecule has 70 valence electrons. The predicted octanol–water partition coefficient (Wildman–Crippen LogP) is 1.55. The fourth-order valence-corrected chi connectivity index (χ4v) is 1.04. The first kappa shape index (κ1) is 10.0. The normalized spacial score (nSPS) is 10.9. The SMILES string of the molecule is CNCC=Cc1nc(Cl)ccc1N. The van der Waals surface area contributed by atoms with Gasteiger partial charge in [-0.1, -0.05) is 17.7 Å². The van der Waals surface area contributed by atoms with E-state index in [-0.39, 0.29) is 0 Å². The van der Waals surface area contributed by atoms with Crippen LogP contribution in [0.15, 0.2) is 18.2 Å². The first-order valence-electron chi connectivity index (χ1n) is 3.97. The second-order valence-electron chi connectivity index (χ2n) is 2.57. The van der Waals surface area contributed by atoms with Crippen LogP contribution in [-0.4, -0.2) is 18.6 Å². The minimum Gasteiger partial charge on any atom is -0.397 e. The summed E-state index contributed by atoms with van der Waals surface area (Å²) >= 11 is 5.71. The van der Waals surface area contributed by atoms with Gasteiger partial charge < -0.3 is 11.1 Å². The molecule has 0 aliphatic rings. The van der Waals surface area contributed by atoms with Crippen LogP contribution in [0.2, 0.25) is 5.15 Å². The van der Waals surface area contributed by atoms with Crippen LogP contribution in [0.5, 0.6) is 0 Å². The Morgan fingerprint density at radius 2 is 2.38 bits per heavy atom. The zero-order valence-electron chi connectivity index (χ0n) is 7.42. The molecular formula is C9H12ClN3. The molecular weight excluding hydrogens is 186 g/mol. The number of nitrogens with two attached hydrogens (primary N) is 1. The largest absolute Gasteiger partial charge is 0.397 e. The molecule has 0 saturated carbocycles. The van der Waals surface area contributed by atoms with Crippen LogP contribution in [0.1, 0.15) is 5.69 Å². The molecule has 0 saturated heterocycles. The second-order valence-corrected chi connectivity index (χ2v) is 2.96. The lowest BCUT2D eigenvalue weighted by Gasteiger charge is -1.99. The molecule has 13 heavy (non-hydrogen) atoms. The number of hydrogen-bond donors (Lipinski definition) is 2. The van der Waals surface area contributed by atoms with E-state index in [0.717, 1.165) is 6.54 Å². The van der Waals surface area contributed by atoms with Gasteiger partial charge in [0, 0.05) is 6.54 Å². The summed E-state index contributed by atoms with van der Waals surface area (Å²) in [5, 5.41) is 3.44. The number of aromatic nitrogens is 1. The van der Waals surface area contributed by atoms with Gasteiger partial charge in [0.05, 0.1) is 11.4 Å². The van der Waals surface area contributed by atoms with Crippen molar-refractivity contribution in [3.05, 3.63) is 29.1 Å². The number of nitrogens with zero attached hydrogens (tertiary/aromatic N) is 1. The molecule has 0 bridgehead atoms. The Labute approximate surface area is 82.6 Å². The summed E-state index contributed by atoms with van der Waals surface area (Å²) in [5.41, 5.74) is 7.03. The van der Waals surface area contributed by atoms with E-state index in [1.54, 1.807) is 12.1 Å². The second kappa shape index (κ2) is 4.84. The Balaban J connectivity index is 2.81. The molecule has 1 aromatic rings. The maximum absolute atomic E-state index is 5.71. The highest BCUT2D eigenvalue weighted by Gasteiger charge is 1.96. The van der Waals surface area contributed by atoms with Gasteiger partial charge in [0.2, 0.25) is 0 Å². The summed E-state index contributed by atoms with van der Waals surface area (Å²) in [4.78, 5) is 4.07. The van der Waals surface area contributed by atoms with Crippen LogP contribution in [0.3, 0.4) is 0 Å². The quantitative estimate of drug-likeness (QED) is 0.723. The van der Waals surface area contributed by atoms with Crippen molar-refractivity contribution in [2.45, 2.75) is 0 Å². The lowest BCUT2D eigenvalue weighted by Crippen LogP contribution is -2.04. The van der Waals surface area contributed by atoms with Gasteiger partial charge in [-0.15, -0.1) is 0 Å². The number of hydrogen-bond acceptors (Lipinski definition) is 3. The van der Waals surface area contributed by atoms with Crippen LogP contribution < -0.4 is 11.1 Å². The summed E-state index contributed by atoms with van der Waals surface area (Å²) in [6.07, 6.45) is 3.78. The molecule has 0 aromatic carbocycles. The van der Waals surface area contributed by atoms with Crippen LogP contribution >= 0.6 is 11.6 Å². The number of halogens is 1. The van der Waals surface area contributed by atoms with Crippen LogP contribution in [0, 0.1) is 0 Å². The Kier molecular flexibility index (Phi) is 3.73. The lowest BCUT2D eigenvalue weighted by atomic mass is 10.3.